The number of hydrogen-bond acceptors (Lipinski definition) is 6. The zero-order chi connectivity index (χ0) is 17.4. The minimum Gasteiger partial charge on any atom is -0.493 e. The van der Waals surface area contributed by atoms with Crippen LogP contribution in [0.5, 0.6) is 17.2 Å². The third-order valence-electron chi connectivity index (χ3n) is 3.52. The average molecular weight is 342 g/mol. The molecule has 1 amide bonds. The van der Waals surface area contributed by atoms with Crippen LogP contribution in [0.1, 0.15) is 24.9 Å². The molecule has 0 aromatic heterocycles. The summed E-state index contributed by atoms with van der Waals surface area (Å²) in [4.78, 5) is 12.1. The molecule has 0 fully saturated rings. The van der Waals surface area contributed by atoms with E-state index in [9.17, 15) is 4.79 Å². The van der Waals surface area contributed by atoms with Crippen LogP contribution in [-0.4, -0.2) is 45.3 Å². The van der Waals surface area contributed by atoms with Crippen molar-refractivity contribution in [1.82, 2.24) is 5.32 Å². The van der Waals surface area contributed by atoms with Crippen molar-refractivity contribution in [2.45, 2.75) is 25.4 Å². The lowest BCUT2D eigenvalue weighted by molar-refractivity contribution is -0.123. The number of nitrogens with one attached hydrogen (secondary N) is 1. The SMILES string of the molecule is COc1cc(C(C)NC(=O)[C@@H](N)CCSC)cc(OC)c1OC. The van der Waals surface area contributed by atoms with E-state index in [1.54, 1.807) is 33.1 Å². The monoisotopic (exact) mass is 342 g/mol. The van der Waals surface area contributed by atoms with Crippen molar-refractivity contribution >= 4 is 17.7 Å². The summed E-state index contributed by atoms with van der Waals surface area (Å²) in [7, 11) is 4.67. The van der Waals surface area contributed by atoms with Crippen molar-refractivity contribution in [3.63, 3.8) is 0 Å². The Hall–Kier alpha value is -1.60. The van der Waals surface area contributed by atoms with E-state index in [2.05, 4.69) is 5.32 Å². The smallest absolute Gasteiger partial charge is 0.237 e. The van der Waals surface area contributed by atoms with Crippen molar-refractivity contribution in [2.75, 3.05) is 33.3 Å². The van der Waals surface area contributed by atoms with Gasteiger partial charge in [0.1, 0.15) is 0 Å². The van der Waals surface area contributed by atoms with E-state index < -0.39 is 6.04 Å². The van der Waals surface area contributed by atoms with E-state index in [1.165, 1.54) is 0 Å². The highest BCUT2D eigenvalue weighted by atomic mass is 32.2. The van der Waals surface area contributed by atoms with Crippen molar-refractivity contribution < 1.29 is 19.0 Å². The number of amides is 1. The van der Waals surface area contributed by atoms with E-state index in [0.29, 0.717) is 23.7 Å². The molecule has 0 aliphatic carbocycles. The molecule has 1 unspecified atom stereocenters. The van der Waals surface area contributed by atoms with Gasteiger partial charge in [0.2, 0.25) is 11.7 Å². The van der Waals surface area contributed by atoms with Crippen molar-refractivity contribution in [3.8, 4) is 17.2 Å². The first kappa shape index (κ1) is 19.4. The van der Waals surface area contributed by atoms with Gasteiger partial charge in [-0.05, 0) is 43.0 Å². The fourth-order valence-corrected chi connectivity index (χ4v) is 2.62. The van der Waals surface area contributed by atoms with Crippen LogP contribution in [-0.2, 0) is 4.79 Å². The van der Waals surface area contributed by atoms with Crippen molar-refractivity contribution in [2.24, 2.45) is 5.73 Å². The van der Waals surface area contributed by atoms with Crippen molar-refractivity contribution in [3.05, 3.63) is 17.7 Å². The number of rotatable bonds is 9. The van der Waals surface area contributed by atoms with E-state index in [4.69, 9.17) is 19.9 Å². The van der Waals surface area contributed by atoms with Gasteiger partial charge in [-0.1, -0.05) is 0 Å². The summed E-state index contributed by atoms with van der Waals surface area (Å²) in [6.45, 7) is 1.89. The van der Waals surface area contributed by atoms with Crippen LogP contribution >= 0.6 is 11.8 Å². The molecule has 1 aromatic rings. The van der Waals surface area contributed by atoms with Crippen LogP contribution < -0.4 is 25.3 Å². The summed E-state index contributed by atoms with van der Waals surface area (Å²) in [5, 5.41) is 2.92. The number of carbonyl (C=O) groups excluding carboxylic acids is 1. The Morgan fingerprint density at radius 3 is 2.22 bits per heavy atom. The predicted molar refractivity (Wildman–Crippen MR) is 93.6 cm³/mol. The minimum atomic E-state index is -0.507. The quantitative estimate of drug-likeness (QED) is 0.714. The standard InChI is InChI=1S/C16H26N2O4S/c1-10(18-16(19)12(17)6-7-23-5)11-8-13(20-2)15(22-4)14(9-11)21-3/h8-10,12H,6-7,17H2,1-5H3,(H,18,19)/t10?,12-/m0/s1. The fraction of sp³-hybridized carbons (Fsp3) is 0.562. The molecule has 6 nitrogen and oxygen atoms in total. The highest BCUT2D eigenvalue weighted by Gasteiger charge is 2.20. The predicted octanol–water partition coefficient (Wildman–Crippen LogP) is 1.97. The fourth-order valence-electron chi connectivity index (χ4n) is 2.13. The number of methoxy groups -OCH3 is 3. The maximum atomic E-state index is 12.1. The Labute approximate surface area is 142 Å². The van der Waals surface area contributed by atoms with Crippen LogP contribution in [0, 0.1) is 0 Å². The summed E-state index contributed by atoms with van der Waals surface area (Å²) in [6.07, 6.45) is 2.64. The molecule has 0 aliphatic rings. The molecular formula is C16H26N2O4S. The molecule has 0 spiro atoms. The number of carbonyl (C=O) groups is 1. The van der Waals surface area contributed by atoms with E-state index in [1.807, 2.05) is 25.3 Å². The van der Waals surface area contributed by atoms with Gasteiger partial charge in [0.05, 0.1) is 33.4 Å². The van der Waals surface area contributed by atoms with Gasteiger partial charge in [0.25, 0.3) is 0 Å². The second-order valence-corrected chi connectivity index (χ2v) is 6.06. The highest BCUT2D eigenvalue weighted by molar-refractivity contribution is 7.98. The van der Waals surface area contributed by atoms with Gasteiger partial charge < -0.3 is 25.3 Å². The van der Waals surface area contributed by atoms with Gasteiger partial charge in [-0.25, -0.2) is 0 Å². The Kier molecular flexibility index (Phi) is 8.05. The topological polar surface area (TPSA) is 82.8 Å². The Balaban J connectivity index is 2.91. The number of nitrogens with two attached hydrogens (primary N) is 1. The Morgan fingerprint density at radius 2 is 1.78 bits per heavy atom. The van der Waals surface area contributed by atoms with Gasteiger partial charge in [0.15, 0.2) is 11.5 Å². The maximum absolute atomic E-state index is 12.1. The average Bonchev–Trinajstić information content (AvgIpc) is 2.57. The maximum Gasteiger partial charge on any atom is 0.237 e. The first-order valence-corrected chi connectivity index (χ1v) is 8.72. The Bertz CT molecular complexity index is 500. The molecule has 1 rings (SSSR count). The summed E-state index contributed by atoms with van der Waals surface area (Å²) in [5.41, 5.74) is 6.74. The number of thioether (sulfide) groups is 1. The highest BCUT2D eigenvalue weighted by Crippen LogP contribution is 2.39. The molecule has 130 valence electrons. The third-order valence-corrected chi connectivity index (χ3v) is 4.16. The van der Waals surface area contributed by atoms with E-state index in [-0.39, 0.29) is 11.9 Å². The third kappa shape index (κ3) is 5.21. The van der Waals surface area contributed by atoms with Gasteiger partial charge in [0, 0.05) is 0 Å². The van der Waals surface area contributed by atoms with Gasteiger partial charge >= 0.3 is 0 Å². The lowest BCUT2D eigenvalue weighted by Crippen LogP contribution is -2.41. The molecular weight excluding hydrogens is 316 g/mol. The van der Waals surface area contributed by atoms with Gasteiger partial charge in [-0.2, -0.15) is 11.8 Å². The molecule has 0 saturated heterocycles. The van der Waals surface area contributed by atoms with Crippen LogP contribution in [0.4, 0.5) is 0 Å². The van der Waals surface area contributed by atoms with Crippen LogP contribution in [0.25, 0.3) is 0 Å². The molecule has 7 heteroatoms. The zero-order valence-electron chi connectivity index (χ0n) is 14.3. The molecule has 3 N–H and O–H groups in total. The number of ether oxygens (including phenoxy) is 3. The molecule has 0 radical (unpaired) electrons. The number of benzene rings is 1. The van der Waals surface area contributed by atoms with Crippen LogP contribution in [0.2, 0.25) is 0 Å². The van der Waals surface area contributed by atoms with Gasteiger partial charge in [-0.3, -0.25) is 4.79 Å². The zero-order valence-corrected chi connectivity index (χ0v) is 15.2. The normalized spacial score (nSPS) is 13.1. The first-order valence-electron chi connectivity index (χ1n) is 7.33. The molecule has 0 bridgehead atoms. The minimum absolute atomic E-state index is 0.166. The molecule has 23 heavy (non-hydrogen) atoms. The lowest BCUT2D eigenvalue weighted by Gasteiger charge is -2.20. The van der Waals surface area contributed by atoms with E-state index >= 15 is 0 Å². The summed E-state index contributed by atoms with van der Waals surface area (Å²) >= 11 is 1.67. The van der Waals surface area contributed by atoms with Crippen LogP contribution in [0.15, 0.2) is 12.1 Å². The second-order valence-electron chi connectivity index (χ2n) is 5.08. The molecule has 0 aliphatic heterocycles. The summed E-state index contributed by atoms with van der Waals surface area (Å²) < 4.78 is 16.0. The Morgan fingerprint density at radius 1 is 1.22 bits per heavy atom. The molecule has 1 aromatic carbocycles. The number of hydrogen-bond donors (Lipinski definition) is 2. The molecule has 0 saturated carbocycles. The van der Waals surface area contributed by atoms with Crippen molar-refractivity contribution in [1.29, 1.82) is 0 Å². The molecule has 2 atom stereocenters. The first-order chi connectivity index (χ1) is 11.0. The summed E-state index contributed by atoms with van der Waals surface area (Å²) in [6, 6.07) is 2.91. The molecule has 0 heterocycles. The lowest BCUT2D eigenvalue weighted by atomic mass is 10.1. The summed E-state index contributed by atoms with van der Waals surface area (Å²) in [5.74, 6) is 2.31. The van der Waals surface area contributed by atoms with Crippen LogP contribution in [0.3, 0.4) is 0 Å². The van der Waals surface area contributed by atoms with E-state index in [0.717, 1.165) is 11.3 Å². The van der Waals surface area contributed by atoms with Gasteiger partial charge in [-0.15, -0.1) is 0 Å². The largest absolute Gasteiger partial charge is 0.493 e. The second kappa shape index (κ2) is 9.52.